The van der Waals surface area contributed by atoms with Gasteiger partial charge in [0.15, 0.2) is 6.61 Å². The summed E-state index contributed by atoms with van der Waals surface area (Å²) in [5.41, 5.74) is 4.36. The first-order chi connectivity index (χ1) is 15.2. The third-order valence-electron chi connectivity index (χ3n) is 5.44. The molecule has 0 fully saturated rings. The first-order valence-corrected chi connectivity index (χ1v) is 10.3. The maximum atomic E-state index is 13.1. The standard InChI is InChI=1S/C25H23N3O3/c1-2-13-26-23(29)17-31-25(30)24-19-10-6-7-11-21(19)27-22-12-14-28(16-20(22)24)15-18-8-4-3-5-9-18/h1,3-11H,12-17H2,(H,26,29)/p+1. The zero-order valence-corrected chi connectivity index (χ0v) is 17.2. The Bertz CT molecular complexity index is 1150. The number of aromatic nitrogens is 1. The predicted octanol–water partition coefficient (Wildman–Crippen LogP) is 1.28. The van der Waals surface area contributed by atoms with E-state index in [0.717, 1.165) is 41.7 Å². The molecule has 1 aliphatic rings. The lowest BCUT2D eigenvalue weighted by molar-refractivity contribution is -0.929. The summed E-state index contributed by atoms with van der Waals surface area (Å²) in [5.74, 6) is 1.40. The van der Waals surface area contributed by atoms with Crippen molar-refractivity contribution in [3.05, 3.63) is 77.0 Å². The van der Waals surface area contributed by atoms with Crippen molar-refractivity contribution < 1.29 is 19.2 Å². The molecule has 6 heteroatoms. The minimum Gasteiger partial charge on any atom is -0.452 e. The lowest BCUT2D eigenvalue weighted by atomic mass is 9.95. The SMILES string of the molecule is C#CCNC(=O)COC(=O)c1c2c(nc3ccccc13)CC[NH+](Cc1ccccc1)C2. The molecule has 31 heavy (non-hydrogen) atoms. The van der Waals surface area contributed by atoms with Gasteiger partial charge in [-0.2, -0.15) is 0 Å². The molecule has 2 aromatic carbocycles. The zero-order valence-electron chi connectivity index (χ0n) is 17.2. The number of pyridine rings is 1. The number of quaternary nitrogens is 1. The van der Waals surface area contributed by atoms with Crippen molar-refractivity contribution in [2.45, 2.75) is 19.5 Å². The van der Waals surface area contributed by atoms with Gasteiger partial charge in [-0.05, 0) is 6.07 Å². The van der Waals surface area contributed by atoms with E-state index in [2.05, 4.69) is 23.4 Å². The summed E-state index contributed by atoms with van der Waals surface area (Å²) < 4.78 is 5.36. The van der Waals surface area contributed by atoms with Crippen LogP contribution in [0.15, 0.2) is 54.6 Å². The molecule has 0 saturated heterocycles. The smallest absolute Gasteiger partial charge is 0.339 e. The van der Waals surface area contributed by atoms with Crippen LogP contribution in [0.3, 0.4) is 0 Å². The average molecular weight is 414 g/mol. The van der Waals surface area contributed by atoms with Crippen molar-refractivity contribution in [2.24, 2.45) is 0 Å². The predicted molar refractivity (Wildman–Crippen MR) is 117 cm³/mol. The Morgan fingerprint density at radius 3 is 2.71 bits per heavy atom. The van der Waals surface area contributed by atoms with Crippen LogP contribution in [0.2, 0.25) is 0 Å². The van der Waals surface area contributed by atoms with E-state index in [9.17, 15) is 9.59 Å². The second-order valence-electron chi connectivity index (χ2n) is 7.58. The molecule has 2 heterocycles. The topological polar surface area (TPSA) is 72.7 Å². The summed E-state index contributed by atoms with van der Waals surface area (Å²) in [6.45, 7) is 2.22. The van der Waals surface area contributed by atoms with Gasteiger partial charge in [-0.3, -0.25) is 9.78 Å². The van der Waals surface area contributed by atoms with Crippen LogP contribution >= 0.6 is 0 Å². The molecule has 6 nitrogen and oxygen atoms in total. The fourth-order valence-corrected chi connectivity index (χ4v) is 4.01. The first-order valence-electron chi connectivity index (χ1n) is 10.3. The fourth-order valence-electron chi connectivity index (χ4n) is 4.01. The third kappa shape index (κ3) is 4.73. The molecule has 0 aliphatic carbocycles. The molecule has 1 aromatic heterocycles. The van der Waals surface area contributed by atoms with Gasteiger partial charge in [-0.25, -0.2) is 4.79 Å². The van der Waals surface area contributed by atoms with Gasteiger partial charge in [0.1, 0.15) is 13.1 Å². The summed E-state index contributed by atoms with van der Waals surface area (Å²) >= 11 is 0. The Hall–Kier alpha value is -3.69. The summed E-state index contributed by atoms with van der Waals surface area (Å²) in [4.78, 5) is 31.1. The molecule has 4 rings (SSSR count). The summed E-state index contributed by atoms with van der Waals surface area (Å²) in [5, 5.41) is 3.25. The normalized spacial score (nSPS) is 15.0. The molecule has 1 aliphatic heterocycles. The van der Waals surface area contributed by atoms with Crippen molar-refractivity contribution in [3.63, 3.8) is 0 Å². The highest BCUT2D eigenvalue weighted by Crippen LogP contribution is 2.25. The maximum Gasteiger partial charge on any atom is 0.339 e. The van der Waals surface area contributed by atoms with E-state index < -0.39 is 11.9 Å². The third-order valence-corrected chi connectivity index (χ3v) is 5.44. The average Bonchev–Trinajstić information content (AvgIpc) is 2.80. The number of hydrogen-bond donors (Lipinski definition) is 2. The highest BCUT2D eigenvalue weighted by Gasteiger charge is 2.29. The van der Waals surface area contributed by atoms with E-state index in [0.29, 0.717) is 12.1 Å². The minimum atomic E-state index is -0.508. The van der Waals surface area contributed by atoms with Crippen LogP contribution in [0.1, 0.15) is 27.2 Å². The molecule has 156 valence electrons. The molecule has 1 unspecified atom stereocenters. The van der Waals surface area contributed by atoms with Gasteiger partial charge >= 0.3 is 5.97 Å². The van der Waals surface area contributed by atoms with Crippen molar-refractivity contribution in [1.82, 2.24) is 10.3 Å². The monoisotopic (exact) mass is 414 g/mol. The Morgan fingerprint density at radius 1 is 1.13 bits per heavy atom. The van der Waals surface area contributed by atoms with Crippen molar-refractivity contribution in [3.8, 4) is 12.3 Å². The maximum absolute atomic E-state index is 13.1. The van der Waals surface area contributed by atoms with Crippen molar-refractivity contribution in [1.29, 1.82) is 0 Å². The molecule has 0 radical (unpaired) electrons. The molecule has 1 amide bonds. The summed E-state index contributed by atoms with van der Waals surface area (Å²) in [6, 6.07) is 17.9. The fraction of sp³-hybridized carbons (Fsp3) is 0.240. The number of rotatable bonds is 6. The second kappa shape index (κ2) is 9.41. The van der Waals surface area contributed by atoms with E-state index in [1.165, 1.54) is 10.5 Å². The number of carbonyl (C=O) groups excluding carboxylic acids is 2. The number of para-hydroxylation sites is 1. The lowest BCUT2D eigenvalue weighted by Crippen LogP contribution is -3.10. The van der Waals surface area contributed by atoms with Crippen LogP contribution in [0.25, 0.3) is 10.9 Å². The van der Waals surface area contributed by atoms with Crippen LogP contribution < -0.4 is 10.2 Å². The molecule has 2 N–H and O–H groups in total. The number of ether oxygens (including phenoxy) is 1. The Morgan fingerprint density at radius 2 is 1.90 bits per heavy atom. The van der Waals surface area contributed by atoms with Gasteiger partial charge in [-0.1, -0.05) is 54.5 Å². The highest BCUT2D eigenvalue weighted by molar-refractivity contribution is 6.05. The number of nitrogens with one attached hydrogen (secondary N) is 2. The number of terminal acetylenes is 1. The molecule has 0 saturated carbocycles. The molecule has 0 bridgehead atoms. The van der Waals surface area contributed by atoms with E-state index >= 15 is 0 Å². The number of benzene rings is 2. The number of amides is 1. The van der Waals surface area contributed by atoms with Crippen LogP contribution in [-0.4, -0.2) is 36.6 Å². The quantitative estimate of drug-likeness (QED) is 0.471. The Labute approximate surface area is 181 Å². The highest BCUT2D eigenvalue weighted by atomic mass is 16.5. The van der Waals surface area contributed by atoms with Gasteiger partial charge in [0.25, 0.3) is 5.91 Å². The number of fused-ring (bicyclic) bond motifs is 2. The number of nitrogens with zero attached hydrogens (tertiary/aromatic N) is 1. The first kappa shape index (κ1) is 20.6. The van der Waals surface area contributed by atoms with Gasteiger partial charge < -0.3 is 15.0 Å². The van der Waals surface area contributed by atoms with Gasteiger partial charge in [0.2, 0.25) is 0 Å². The molecule has 1 atom stereocenters. The zero-order chi connectivity index (χ0) is 21.6. The van der Waals surface area contributed by atoms with E-state index in [1.54, 1.807) is 0 Å². The largest absolute Gasteiger partial charge is 0.452 e. The summed E-state index contributed by atoms with van der Waals surface area (Å²) in [7, 11) is 0. The second-order valence-corrected chi connectivity index (χ2v) is 7.58. The van der Waals surface area contributed by atoms with Crippen molar-refractivity contribution in [2.75, 3.05) is 19.7 Å². The summed E-state index contributed by atoms with van der Waals surface area (Å²) in [6.07, 6.45) is 5.93. The Kier molecular flexibility index (Phi) is 6.25. The molecular formula is C25H24N3O3+. The van der Waals surface area contributed by atoms with Crippen LogP contribution in [0, 0.1) is 12.3 Å². The van der Waals surface area contributed by atoms with E-state index in [4.69, 9.17) is 16.1 Å². The van der Waals surface area contributed by atoms with Crippen LogP contribution in [-0.2, 0) is 29.0 Å². The molecular weight excluding hydrogens is 390 g/mol. The number of esters is 1. The lowest BCUT2D eigenvalue weighted by Gasteiger charge is -2.27. The van der Waals surface area contributed by atoms with Crippen LogP contribution in [0.5, 0.6) is 0 Å². The van der Waals surface area contributed by atoms with Crippen LogP contribution in [0.4, 0.5) is 0 Å². The minimum absolute atomic E-state index is 0.0990. The van der Waals surface area contributed by atoms with Crippen molar-refractivity contribution >= 4 is 22.8 Å². The van der Waals surface area contributed by atoms with Gasteiger partial charge in [-0.15, -0.1) is 6.42 Å². The van der Waals surface area contributed by atoms with Gasteiger partial charge in [0, 0.05) is 22.9 Å². The van der Waals surface area contributed by atoms with E-state index in [1.807, 2.05) is 42.5 Å². The molecule has 3 aromatic rings. The van der Waals surface area contributed by atoms with E-state index in [-0.39, 0.29) is 13.2 Å². The Balaban J connectivity index is 1.62. The number of carbonyl (C=O) groups is 2. The van der Waals surface area contributed by atoms with Gasteiger partial charge in [0.05, 0.1) is 29.9 Å². The number of hydrogen-bond acceptors (Lipinski definition) is 4. The molecule has 0 spiro atoms.